The maximum Gasteiger partial charge on any atom is 0.236 e. The van der Waals surface area contributed by atoms with E-state index in [0.29, 0.717) is 22.3 Å². The minimum absolute atomic E-state index is 0.0730. The molecule has 2 heterocycles. The number of aromatic nitrogens is 4. The fourth-order valence-electron chi connectivity index (χ4n) is 2.10. The van der Waals surface area contributed by atoms with Crippen LogP contribution in [0.2, 0.25) is 0 Å². The minimum atomic E-state index is -0.0755. The Morgan fingerprint density at radius 2 is 1.95 bits per heavy atom. The zero-order chi connectivity index (χ0) is 15.0. The lowest BCUT2D eigenvalue weighted by Gasteiger charge is -2.02. The van der Waals surface area contributed by atoms with E-state index < -0.39 is 0 Å². The van der Waals surface area contributed by atoms with E-state index in [4.69, 9.17) is 0 Å². The monoisotopic (exact) mass is 300 g/mol. The molecule has 0 fully saturated rings. The van der Waals surface area contributed by atoms with Gasteiger partial charge < -0.3 is 5.11 Å². The Morgan fingerprint density at radius 1 is 1.24 bits per heavy atom. The Morgan fingerprint density at radius 3 is 2.67 bits per heavy atom. The van der Waals surface area contributed by atoms with Crippen molar-refractivity contribution in [1.29, 1.82) is 0 Å². The average Bonchev–Trinajstić information content (AvgIpc) is 2.76. The lowest BCUT2D eigenvalue weighted by Crippen LogP contribution is -2.06. The summed E-state index contributed by atoms with van der Waals surface area (Å²) in [5, 5.41) is 14.2. The van der Waals surface area contributed by atoms with E-state index in [1.165, 1.54) is 4.68 Å². The second-order valence-electron chi connectivity index (χ2n) is 4.58. The number of benzene rings is 1. The van der Waals surface area contributed by atoms with E-state index in [0.717, 1.165) is 0 Å². The highest BCUT2D eigenvalue weighted by molar-refractivity contribution is 7.80. The van der Waals surface area contributed by atoms with Gasteiger partial charge in [-0.2, -0.15) is 5.10 Å². The van der Waals surface area contributed by atoms with Crippen molar-refractivity contribution in [2.75, 3.05) is 0 Å². The molecule has 0 atom stereocenters. The SMILES string of the molecule is Cn1nc2c(CC(=O)c3ccccc3)nc(S)nc2c1O. The first-order valence-corrected chi connectivity index (χ1v) is 6.71. The second-order valence-corrected chi connectivity index (χ2v) is 4.98. The molecule has 1 aromatic carbocycles. The molecule has 2 aromatic heterocycles. The molecule has 0 saturated carbocycles. The minimum Gasteiger partial charge on any atom is -0.492 e. The van der Waals surface area contributed by atoms with Gasteiger partial charge in [-0.3, -0.25) is 4.79 Å². The van der Waals surface area contributed by atoms with Crippen LogP contribution in [0.3, 0.4) is 0 Å². The molecule has 0 amide bonds. The molecule has 7 heteroatoms. The second kappa shape index (κ2) is 5.17. The van der Waals surface area contributed by atoms with Crippen molar-refractivity contribution in [3.8, 4) is 5.88 Å². The Hall–Kier alpha value is -2.41. The van der Waals surface area contributed by atoms with Crippen molar-refractivity contribution in [2.45, 2.75) is 11.6 Å². The van der Waals surface area contributed by atoms with Crippen LogP contribution in [0.1, 0.15) is 16.1 Å². The summed E-state index contributed by atoms with van der Waals surface area (Å²) in [6.07, 6.45) is 0.0764. The van der Waals surface area contributed by atoms with E-state index in [-0.39, 0.29) is 23.2 Å². The van der Waals surface area contributed by atoms with E-state index in [1.807, 2.05) is 6.07 Å². The van der Waals surface area contributed by atoms with Gasteiger partial charge in [-0.1, -0.05) is 30.3 Å². The number of Topliss-reactive ketones (excluding diaryl/α,β-unsaturated/α-hetero) is 1. The number of hydrogen-bond donors (Lipinski definition) is 2. The van der Waals surface area contributed by atoms with Crippen LogP contribution in [0.15, 0.2) is 35.5 Å². The Kier molecular flexibility index (Phi) is 3.34. The summed E-state index contributed by atoms with van der Waals surface area (Å²) >= 11 is 4.11. The van der Waals surface area contributed by atoms with Crippen molar-refractivity contribution >= 4 is 29.4 Å². The van der Waals surface area contributed by atoms with Crippen LogP contribution in [-0.4, -0.2) is 30.6 Å². The summed E-state index contributed by atoms with van der Waals surface area (Å²) < 4.78 is 1.29. The number of thiol groups is 1. The number of ketones is 1. The molecule has 0 radical (unpaired) electrons. The molecule has 106 valence electrons. The third-order valence-corrected chi connectivity index (χ3v) is 3.34. The number of hydrogen-bond acceptors (Lipinski definition) is 6. The fourth-order valence-corrected chi connectivity index (χ4v) is 2.32. The topological polar surface area (TPSA) is 80.9 Å². The maximum atomic E-state index is 12.3. The number of carbonyl (C=O) groups excluding carboxylic acids is 1. The van der Waals surface area contributed by atoms with E-state index >= 15 is 0 Å². The molecule has 1 N–H and O–H groups in total. The first kappa shape index (κ1) is 13.6. The lowest BCUT2D eigenvalue weighted by atomic mass is 10.1. The van der Waals surface area contributed by atoms with E-state index in [9.17, 15) is 9.90 Å². The van der Waals surface area contributed by atoms with Crippen LogP contribution in [0.4, 0.5) is 0 Å². The third-order valence-electron chi connectivity index (χ3n) is 3.14. The lowest BCUT2D eigenvalue weighted by molar-refractivity contribution is 0.0992. The van der Waals surface area contributed by atoms with Crippen molar-refractivity contribution in [2.24, 2.45) is 7.05 Å². The molecule has 3 rings (SSSR count). The summed E-state index contributed by atoms with van der Waals surface area (Å²) in [6, 6.07) is 8.96. The summed E-state index contributed by atoms with van der Waals surface area (Å²) in [4.78, 5) is 20.5. The predicted molar refractivity (Wildman–Crippen MR) is 79.7 cm³/mol. The molecule has 0 bridgehead atoms. The number of carbonyl (C=O) groups is 1. The van der Waals surface area contributed by atoms with Gasteiger partial charge in [0.2, 0.25) is 5.88 Å². The summed E-state index contributed by atoms with van der Waals surface area (Å²) in [5.74, 6) is -0.149. The zero-order valence-corrected chi connectivity index (χ0v) is 12.1. The molecule has 0 saturated heterocycles. The van der Waals surface area contributed by atoms with Crippen LogP contribution in [0.25, 0.3) is 11.0 Å². The molecule has 3 aromatic rings. The molecule has 0 unspecified atom stereocenters. The van der Waals surface area contributed by atoms with Gasteiger partial charge in [0.25, 0.3) is 0 Å². The van der Waals surface area contributed by atoms with Crippen molar-refractivity contribution in [1.82, 2.24) is 19.7 Å². The Labute approximate surface area is 125 Å². The maximum absolute atomic E-state index is 12.3. The van der Waals surface area contributed by atoms with E-state index in [2.05, 4.69) is 27.7 Å². The number of aromatic hydroxyl groups is 1. The Bertz CT molecular complexity index is 830. The van der Waals surface area contributed by atoms with Crippen LogP contribution in [0.5, 0.6) is 5.88 Å². The van der Waals surface area contributed by atoms with Gasteiger partial charge in [0.15, 0.2) is 16.5 Å². The largest absolute Gasteiger partial charge is 0.492 e. The van der Waals surface area contributed by atoms with E-state index in [1.54, 1.807) is 31.3 Å². The number of rotatable bonds is 3. The summed E-state index contributed by atoms with van der Waals surface area (Å²) in [7, 11) is 1.60. The van der Waals surface area contributed by atoms with Crippen LogP contribution < -0.4 is 0 Å². The standard InChI is InChI=1S/C14H12N4O2S/c1-18-13(20)12-11(17-18)9(15-14(21)16-12)7-10(19)8-5-3-2-4-6-8/h2-6,20H,7H2,1H3,(H,16,21). The van der Waals surface area contributed by atoms with Gasteiger partial charge >= 0.3 is 0 Å². The van der Waals surface area contributed by atoms with Gasteiger partial charge in [0.1, 0.15) is 5.52 Å². The summed E-state index contributed by atoms with van der Waals surface area (Å²) in [5.41, 5.74) is 1.77. The molecule has 0 spiro atoms. The molecule has 0 aliphatic rings. The molecule has 0 aliphatic carbocycles. The van der Waals surface area contributed by atoms with Gasteiger partial charge in [-0.25, -0.2) is 14.6 Å². The highest BCUT2D eigenvalue weighted by Gasteiger charge is 2.18. The molecule has 6 nitrogen and oxygen atoms in total. The van der Waals surface area contributed by atoms with Crippen molar-refractivity contribution < 1.29 is 9.90 Å². The molecular formula is C14H12N4O2S. The number of fused-ring (bicyclic) bond motifs is 1. The highest BCUT2D eigenvalue weighted by Crippen LogP contribution is 2.25. The quantitative estimate of drug-likeness (QED) is 0.438. The van der Waals surface area contributed by atoms with Gasteiger partial charge in [0.05, 0.1) is 12.1 Å². The molecular weight excluding hydrogens is 288 g/mol. The highest BCUT2D eigenvalue weighted by atomic mass is 32.1. The Balaban J connectivity index is 2.05. The zero-order valence-electron chi connectivity index (χ0n) is 11.2. The third kappa shape index (κ3) is 2.47. The van der Waals surface area contributed by atoms with Crippen LogP contribution >= 0.6 is 12.6 Å². The average molecular weight is 300 g/mol. The van der Waals surface area contributed by atoms with Crippen molar-refractivity contribution in [3.63, 3.8) is 0 Å². The predicted octanol–water partition coefficient (Wildman–Crippen LogP) is 1.78. The number of aryl methyl sites for hydroxylation is 1. The normalized spacial score (nSPS) is 11.0. The van der Waals surface area contributed by atoms with Crippen molar-refractivity contribution in [3.05, 3.63) is 41.6 Å². The molecule has 0 aliphatic heterocycles. The molecule has 21 heavy (non-hydrogen) atoms. The van der Waals surface area contributed by atoms with Crippen LogP contribution in [0, 0.1) is 0 Å². The first-order valence-electron chi connectivity index (χ1n) is 6.26. The number of nitrogens with zero attached hydrogens (tertiary/aromatic N) is 4. The first-order chi connectivity index (χ1) is 10.1. The van der Waals surface area contributed by atoms with Gasteiger partial charge in [-0.05, 0) is 0 Å². The fraction of sp³-hybridized carbons (Fsp3) is 0.143. The smallest absolute Gasteiger partial charge is 0.236 e. The van der Waals surface area contributed by atoms with Gasteiger partial charge in [-0.15, -0.1) is 12.6 Å². The van der Waals surface area contributed by atoms with Gasteiger partial charge in [0, 0.05) is 12.6 Å². The van der Waals surface area contributed by atoms with Crippen LogP contribution in [-0.2, 0) is 13.5 Å². The summed E-state index contributed by atoms with van der Waals surface area (Å²) in [6.45, 7) is 0.